The third-order valence-electron chi connectivity index (χ3n) is 6.07. The van der Waals surface area contributed by atoms with Gasteiger partial charge < -0.3 is 31.7 Å². The number of ether oxygens (including phenoxy) is 1. The molecular formula is C28H30ClN5O3. The molecule has 1 heterocycles. The molecule has 0 atom stereocenters. The van der Waals surface area contributed by atoms with Gasteiger partial charge in [-0.25, -0.2) is 0 Å². The zero-order valence-corrected chi connectivity index (χ0v) is 21.5. The van der Waals surface area contributed by atoms with E-state index in [1.165, 1.54) is 0 Å². The average Bonchev–Trinajstić information content (AvgIpc) is 2.85. The molecule has 0 radical (unpaired) electrons. The van der Waals surface area contributed by atoms with Gasteiger partial charge >= 0.3 is 0 Å². The van der Waals surface area contributed by atoms with Gasteiger partial charge in [0.2, 0.25) is 5.91 Å². The number of aryl methyl sites for hydroxylation is 1. The lowest BCUT2D eigenvalue weighted by Gasteiger charge is -2.36. The van der Waals surface area contributed by atoms with Crippen LogP contribution in [-0.4, -0.2) is 25.0 Å². The zero-order valence-electron chi connectivity index (χ0n) is 20.8. The molecule has 1 aliphatic heterocycles. The number of hydrogen-bond donors (Lipinski definition) is 5. The predicted octanol–water partition coefficient (Wildman–Crippen LogP) is 5.13. The van der Waals surface area contributed by atoms with Gasteiger partial charge in [0, 0.05) is 17.8 Å². The van der Waals surface area contributed by atoms with Crippen LogP contribution in [0, 0.1) is 12.3 Å². The second-order valence-electron chi connectivity index (χ2n) is 9.40. The fraction of sp³-hybridized carbons (Fsp3) is 0.214. The van der Waals surface area contributed by atoms with Crippen LogP contribution in [0.15, 0.2) is 73.1 Å². The van der Waals surface area contributed by atoms with Crippen molar-refractivity contribution in [2.24, 2.45) is 5.41 Å². The highest BCUT2D eigenvalue weighted by Crippen LogP contribution is 2.28. The van der Waals surface area contributed by atoms with Crippen LogP contribution in [0.1, 0.15) is 28.4 Å². The van der Waals surface area contributed by atoms with Crippen LogP contribution in [0.25, 0.3) is 0 Å². The largest absolute Gasteiger partial charge is 0.397 e. The Morgan fingerprint density at radius 3 is 2.35 bits per heavy atom. The molecule has 2 amide bonds. The number of nitrogens with two attached hydrogens (primary N) is 1. The summed E-state index contributed by atoms with van der Waals surface area (Å²) < 4.78 is 5.16. The normalized spacial score (nSPS) is 13.7. The predicted molar refractivity (Wildman–Crippen MR) is 149 cm³/mol. The van der Waals surface area contributed by atoms with Crippen molar-refractivity contribution in [3.63, 3.8) is 0 Å². The molecule has 0 bridgehead atoms. The molecule has 6 N–H and O–H groups in total. The number of rotatable bonds is 9. The lowest BCUT2D eigenvalue weighted by Crippen LogP contribution is -2.51. The first kappa shape index (κ1) is 26.1. The van der Waals surface area contributed by atoms with Crippen molar-refractivity contribution in [1.82, 2.24) is 5.32 Å². The molecule has 0 aromatic heterocycles. The van der Waals surface area contributed by atoms with E-state index < -0.39 is 5.41 Å². The highest BCUT2D eigenvalue weighted by molar-refractivity contribution is 6.33. The van der Waals surface area contributed by atoms with Gasteiger partial charge in [-0.15, -0.1) is 0 Å². The fourth-order valence-corrected chi connectivity index (χ4v) is 3.89. The summed E-state index contributed by atoms with van der Waals surface area (Å²) in [6, 6.07) is 18.0. The molecule has 192 valence electrons. The van der Waals surface area contributed by atoms with Crippen molar-refractivity contribution in [3.05, 3.63) is 94.8 Å². The molecule has 1 fully saturated rings. The molecule has 1 aliphatic rings. The number of benzene rings is 3. The van der Waals surface area contributed by atoms with Crippen molar-refractivity contribution >= 4 is 46.2 Å². The van der Waals surface area contributed by atoms with Crippen LogP contribution >= 0.6 is 11.6 Å². The van der Waals surface area contributed by atoms with Gasteiger partial charge in [-0.2, -0.15) is 0 Å². The Balaban J connectivity index is 1.35. The zero-order chi connectivity index (χ0) is 26.6. The Hall–Kier alpha value is -4.01. The van der Waals surface area contributed by atoms with Gasteiger partial charge in [-0.3, -0.25) is 9.59 Å². The van der Waals surface area contributed by atoms with Crippen molar-refractivity contribution in [3.8, 4) is 0 Å². The number of halogens is 1. The molecule has 0 unspecified atom stereocenters. The van der Waals surface area contributed by atoms with Gasteiger partial charge in [-0.1, -0.05) is 41.9 Å². The summed E-state index contributed by atoms with van der Waals surface area (Å²) in [4.78, 5) is 25.0. The molecule has 1 saturated heterocycles. The minimum atomic E-state index is -0.470. The van der Waals surface area contributed by atoms with E-state index in [2.05, 4.69) is 27.8 Å². The van der Waals surface area contributed by atoms with E-state index in [-0.39, 0.29) is 11.8 Å². The lowest BCUT2D eigenvalue weighted by atomic mass is 9.87. The number of nitrogen functional groups attached to an aromatic ring is 1. The summed E-state index contributed by atoms with van der Waals surface area (Å²) in [5.74, 6) is 0.139. The first-order valence-corrected chi connectivity index (χ1v) is 12.2. The Morgan fingerprint density at radius 2 is 1.70 bits per heavy atom. The number of hydrogen-bond acceptors (Lipinski definition) is 6. The highest BCUT2D eigenvalue weighted by atomic mass is 35.5. The third kappa shape index (κ3) is 6.41. The highest BCUT2D eigenvalue weighted by Gasteiger charge is 2.40. The van der Waals surface area contributed by atoms with Crippen LogP contribution in [0.2, 0.25) is 5.02 Å². The first-order valence-electron chi connectivity index (χ1n) is 11.8. The van der Waals surface area contributed by atoms with E-state index in [0.717, 1.165) is 11.1 Å². The second-order valence-corrected chi connectivity index (χ2v) is 9.81. The Labute approximate surface area is 221 Å². The van der Waals surface area contributed by atoms with E-state index in [1.807, 2.05) is 50.2 Å². The number of carbonyl (C=O) groups excluding carboxylic acids is 2. The standard InChI is InChI=1S/C28H30ClN5O3/c1-17-4-8-21(9-5-17)34-26(35)20-7-11-24(23(30)13-20)32-18(2)33-25-12-19(6-10-22(25)29)14-31-27(36)28(3)15-37-16-28/h4-13,32-33H,2,14-16,30H2,1,3H3,(H,31,36)(H,34,35). The molecule has 0 aliphatic carbocycles. The SMILES string of the molecule is C=C(Nc1ccc(C(=O)Nc2ccc(C)cc2)cc1N)Nc1cc(CNC(=O)C2(C)COC2)ccc1Cl. The summed E-state index contributed by atoms with van der Waals surface area (Å²) in [5.41, 5.74) is 10.4. The summed E-state index contributed by atoms with van der Waals surface area (Å²) in [7, 11) is 0. The summed E-state index contributed by atoms with van der Waals surface area (Å²) >= 11 is 6.37. The summed E-state index contributed by atoms with van der Waals surface area (Å²) in [6.07, 6.45) is 0. The maximum Gasteiger partial charge on any atom is 0.255 e. The molecule has 37 heavy (non-hydrogen) atoms. The van der Waals surface area contributed by atoms with Crippen molar-refractivity contribution in [1.29, 1.82) is 0 Å². The Kier molecular flexibility index (Phi) is 7.71. The van der Waals surface area contributed by atoms with Crippen LogP contribution in [0.3, 0.4) is 0 Å². The molecular weight excluding hydrogens is 490 g/mol. The van der Waals surface area contributed by atoms with E-state index in [0.29, 0.717) is 58.9 Å². The smallest absolute Gasteiger partial charge is 0.255 e. The molecule has 9 heteroatoms. The lowest BCUT2D eigenvalue weighted by molar-refractivity contribution is -0.157. The minimum Gasteiger partial charge on any atom is -0.397 e. The van der Waals surface area contributed by atoms with Gasteiger partial charge in [0.25, 0.3) is 5.91 Å². The van der Waals surface area contributed by atoms with E-state index >= 15 is 0 Å². The van der Waals surface area contributed by atoms with Gasteiger partial charge in [0.05, 0.1) is 40.7 Å². The van der Waals surface area contributed by atoms with E-state index in [9.17, 15) is 9.59 Å². The topological polar surface area (TPSA) is 118 Å². The van der Waals surface area contributed by atoms with Gasteiger partial charge in [0.1, 0.15) is 5.82 Å². The Bertz CT molecular complexity index is 1340. The number of carbonyl (C=O) groups is 2. The molecule has 8 nitrogen and oxygen atoms in total. The first-order chi connectivity index (χ1) is 17.6. The summed E-state index contributed by atoms with van der Waals surface area (Å²) in [6.45, 7) is 9.09. The quantitative estimate of drug-likeness (QED) is 0.250. The van der Waals surface area contributed by atoms with Crippen LogP contribution in [0.4, 0.5) is 22.7 Å². The van der Waals surface area contributed by atoms with Crippen LogP contribution in [0.5, 0.6) is 0 Å². The molecule has 4 rings (SSSR count). The average molecular weight is 520 g/mol. The van der Waals surface area contributed by atoms with Crippen LogP contribution in [-0.2, 0) is 16.1 Å². The van der Waals surface area contributed by atoms with Gasteiger partial charge in [0.15, 0.2) is 0 Å². The Morgan fingerprint density at radius 1 is 1.00 bits per heavy atom. The van der Waals surface area contributed by atoms with Crippen molar-refractivity contribution in [2.75, 3.05) is 34.9 Å². The number of anilines is 4. The second kappa shape index (κ2) is 10.9. The molecule has 0 spiro atoms. The van der Waals surface area contributed by atoms with Crippen molar-refractivity contribution < 1.29 is 14.3 Å². The monoisotopic (exact) mass is 519 g/mol. The van der Waals surface area contributed by atoms with E-state index in [1.54, 1.807) is 24.3 Å². The molecule has 3 aromatic carbocycles. The minimum absolute atomic E-state index is 0.0410. The maximum atomic E-state index is 12.6. The number of amides is 2. The fourth-order valence-electron chi connectivity index (χ4n) is 3.73. The maximum absolute atomic E-state index is 12.6. The third-order valence-corrected chi connectivity index (χ3v) is 6.40. The van der Waals surface area contributed by atoms with Crippen molar-refractivity contribution in [2.45, 2.75) is 20.4 Å². The van der Waals surface area contributed by atoms with Crippen LogP contribution < -0.4 is 27.0 Å². The molecule has 3 aromatic rings. The number of nitrogens with one attached hydrogen (secondary N) is 4. The van der Waals surface area contributed by atoms with E-state index in [4.69, 9.17) is 22.1 Å². The molecule has 0 saturated carbocycles. The summed E-state index contributed by atoms with van der Waals surface area (Å²) in [5, 5.41) is 12.5. The van der Waals surface area contributed by atoms with Gasteiger partial charge in [-0.05, 0) is 61.9 Å².